The average Bonchev–Trinajstić information content (AvgIpc) is 2.80. The van der Waals surface area contributed by atoms with Gasteiger partial charge in [0, 0.05) is 18.0 Å². The molecule has 19 heavy (non-hydrogen) atoms. The van der Waals surface area contributed by atoms with Gasteiger partial charge in [-0.05, 0) is 51.0 Å². The van der Waals surface area contributed by atoms with Gasteiger partial charge in [0.15, 0.2) is 0 Å². The van der Waals surface area contributed by atoms with E-state index in [1.807, 2.05) is 0 Å². The predicted molar refractivity (Wildman–Crippen MR) is 78.1 cm³/mol. The molecule has 2 nitrogen and oxygen atoms in total. The summed E-state index contributed by atoms with van der Waals surface area (Å²) in [6.45, 7) is 2.31. The Morgan fingerprint density at radius 3 is 2.42 bits per heavy atom. The highest BCUT2D eigenvalue weighted by molar-refractivity contribution is 5.59. The second kappa shape index (κ2) is 5.95. The van der Waals surface area contributed by atoms with Crippen molar-refractivity contribution in [2.75, 3.05) is 13.1 Å². The van der Waals surface area contributed by atoms with Crippen molar-refractivity contribution in [2.45, 2.75) is 76.7 Å². The SMILES string of the molecule is O=CC1(CN2CCCC3CCCC32)CCCCCC1. The molecule has 0 radical (unpaired) electrons. The second-order valence-electron chi connectivity index (χ2n) is 7.27. The van der Waals surface area contributed by atoms with E-state index in [4.69, 9.17) is 0 Å². The van der Waals surface area contributed by atoms with Crippen molar-refractivity contribution in [3.05, 3.63) is 0 Å². The standard InChI is InChI=1S/C17H29NO/c19-14-17(10-3-1-2-4-11-17)13-18-12-6-8-15-7-5-9-16(15)18/h14-16H,1-13H2. The van der Waals surface area contributed by atoms with E-state index in [2.05, 4.69) is 4.90 Å². The molecule has 0 amide bonds. The molecule has 108 valence electrons. The molecule has 0 aromatic carbocycles. The van der Waals surface area contributed by atoms with E-state index in [9.17, 15) is 4.79 Å². The summed E-state index contributed by atoms with van der Waals surface area (Å²) in [4.78, 5) is 14.5. The zero-order chi connectivity index (χ0) is 13.1. The molecule has 0 aromatic rings. The van der Waals surface area contributed by atoms with Gasteiger partial charge in [0.2, 0.25) is 0 Å². The van der Waals surface area contributed by atoms with Gasteiger partial charge in [-0.25, -0.2) is 0 Å². The number of hydrogen-bond donors (Lipinski definition) is 0. The van der Waals surface area contributed by atoms with E-state index in [-0.39, 0.29) is 5.41 Å². The fraction of sp³-hybridized carbons (Fsp3) is 0.941. The molecule has 0 N–H and O–H groups in total. The first-order valence-corrected chi connectivity index (χ1v) is 8.53. The highest BCUT2D eigenvalue weighted by atomic mass is 16.1. The van der Waals surface area contributed by atoms with Gasteiger partial charge in [0.05, 0.1) is 0 Å². The van der Waals surface area contributed by atoms with Crippen LogP contribution in [0.1, 0.15) is 70.6 Å². The number of likely N-dealkylation sites (tertiary alicyclic amines) is 1. The number of aldehydes is 1. The van der Waals surface area contributed by atoms with Crippen LogP contribution >= 0.6 is 0 Å². The van der Waals surface area contributed by atoms with Gasteiger partial charge in [-0.1, -0.05) is 32.1 Å². The van der Waals surface area contributed by atoms with Crippen LogP contribution in [0.2, 0.25) is 0 Å². The largest absolute Gasteiger partial charge is 0.303 e. The number of rotatable bonds is 3. The van der Waals surface area contributed by atoms with Crippen LogP contribution in [0, 0.1) is 11.3 Å². The van der Waals surface area contributed by atoms with Gasteiger partial charge in [-0.3, -0.25) is 4.90 Å². The number of carbonyl (C=O) groups is 1. The highest BCUT2D eigenvalue weighted by Crippen LogP contribution is 2.40. The van der Waals surface area contributed by atoms with Crippen molar-refractivity contribution in [3.63, 3.8) is 0 Å². The molecule has 1 heterocycles. The third-order valence-corrected chi connectivity index (χ3v) is 5.98. The Balaban J connectivity index is 1.68. The molecule has 3 aliphatic rings. The first kappa shape index (κ1) is 13.6. The minimum absolute atomic E-state index is 0.000972. The smallest absolute Gasteiger partial charge is 0.127 e. The van der Waals surface area contributed by atoms with Gasteiger partial charge >= 0.3 is 0 Å². The van der Waals surface area contributed by atoms with Crippen LogP contribution in [0.3, 0.4) is 0 Å². The summed E-state index contributed by atoms with van der Waals surface area (Å²) < 4.78 is 0. The Kier molecular flexibility index (Phi) is 4.26. The van der Waals surface area contributed by atoms with Crippen molar-refractivity contribution in [2.24, 2.45) is 11.3 Å². The van der Waals surface area contributed by atoms with Gasteiger partial charge in [-0.2, -0.15) is 0 Å². The molecule has 0 aromatic heterocycles. The molecule has 2 atom stereocenters. The maximum atomic E-state index is 11.8. The molecule has 2 aliphatic carbocycles. The summed E-state index contributed by atoms with van der Waals surface area (Å²) >= 11 is 0. The van der Waals surface area contributed by atoms with Crippen LogP contribution in [0.4, 0.5) is 0 Å². The minimum atomic E-state index is 0.000972. The lowest BCUT2D eigenvalue weighted by Gasteiger charge is -2.42. The maximum Gasteiger partial charge on any atom is 0.127 e. The quantitative estimate of drug-likeness (QED) is 0.570. The van der Waals surface area contributed by atoms with Crippen LogP contribution in [0.25, 0.3) is 0 Å². The predicted octanol–water partition coefficient (Wildman–Crippen LogP) is 3.79. The van der Waals surface area contributed by atoms with Crippen molar-refractivity contribution in [3.8, 4) is 0 Å². The molecule has 3 rings (SSSR count). The number of piperidine rings is 1. The van der Waals surface area contributed by atoms with E-state index in [1.54, 1.807) is 0 Å². The minimum Gasteiger partial charge on any atom is -0.303 e. The Hall–Kier alpha value is -0.370. The zero-order valence-corrected chi connectivity index (χ0v) is 12.3. The number of carbonyl (C=O) groups excluding carboxylic acids is 1. The normalized spacial score (nSPS) is 35.6. The summed E-state index contributed by atoms with van der Waals surface area (Å²) in [6, 6.07) is 0.814. The molecule has 3 fully saturated rings. The van der Waals surface area contributed by atoms with Crippen LogP contribution in [-0.2, 0) is 4.79 Å². The number of hydrogen-bond acceptors (Lipinski definition) is 2. The molecule has 2 heteroatoms. The van der Waals surface area contributed by atoms with E-state index in [0.717, 1.165) is 31.3 Å². The van der Waals surface area contributed by atoms with E-state index >= 15 is 0 Å². The monoisotopic (exact) mass is 263 g/mol. The summed E-state index contributed by atoms with van der Waals surface area (Å²) in [5, 5.41) is 0. The summed E-state index contributed by atoms with van der Waals surface area (Å²) in [6.07, 6.45) is 15.9. The summed E-state index contributed by atoms with van der Waals surface area (Å²) in [5.74, 6) is 0.947. The van der Waals surface area contributed by atoms with Crippen molar-refractivity contribution < 1.29 is 4.79 Å². The fourth-order valence-corrected chi connectivity index (χ4v) is 4.90. The van der Waals surface area contributed by atoms with Crippen molar-refractivity contribution >= 4 is 6.29 Å². The zero-order valence-electron chi connectivity index (χ0n) is 12.3. The lowest BCUT2D eigenvalue weighted by atomic mass is 9.79. The Morgan fingerprint density at radius 1 is 0.947 bits per heavy atom. The molecular formula is C17H29NO. The van der Waals surface area contributed by atoms with Gasteiger partial charge in [0.1, 0.15) is 6.29 Å². The summed E-state index contributed by atoms with van der Waals surface area (Å²) in [5.41, 5.74) is 0.000972. The summed E-state index contributed by atoms with van der Waals surface area (Å²) in [7, 11) is 0. The van der Waals surface area contributed by atoms with Crippen molar-refractivity contribution in [1.82, 2.24) is 4.90 Å². The molecule has 1 aliphatic heterocycles. The molecule has 2 unspecified atom stereocenters. The van der Waals surface area contributed by atoms with E-state index in [0.29, 0.717) is 0 Å². The van der Waals surface area contributed by atoms with Gasteiger partial charge in [0.25, 0.3) is 0 Å². The van der Waals surface area contributed by atoms with E-state index < -0.39 is 0 Å². The van der Waals surface area contributed by atoms with Crippen molar-refractivity contribution in [1.29, 1.82) is 0 Å². The van der Waals surface area contributed by atoms with Crippen LogP contribution in [0.5, 0.6) is 0 Å². The average molecular weight is 263 g/mol. The first-order valence-electron chi connectivity index (χ1n) is 8.53. The van der Waals surface area contributed by atoms with Gasteiger partial charge < -0.3 is 4.79 Å². The molecule has 0 bridgehead atoms. The van der Waals surface area contributed by atoms with Crippen LogP contribution in [-0.4, -0.2) is 30.3 Å². The van der Waals surface area contributed by atoms with Crippen LogP contribution < -0.4 is 0 Å². The van der Waals surface area contributed by atoms with E-state index in [1.165, 1.54) is 70.6 Å². The first-order chi connectivity index (χ1) is 9.33. The van der Waals surface area contributed by atoms with Gasteiger partial charge in [-0.15, -0.1) is 0 Å². The highest BCUT2D eigenvalue weighted by Gasteiger charge is 2.40. The Labute approximate surface area is 117 Å². The molecule has 0 spiro atoms. The lowest BCUT2D eigenvalue weighted by molar-refractivity contribution is -0.119. The Bertz CT molecular complexity index is 306. The lowest BCUT2D eigenvalue weighted by Crippen LogP contribution is -2.48. The molecular weight excluding hydrogens is 234 g/mol. The fourth-order valence-electron chi connectivity index (χ4n) is 4.90. The molecule has 1 saturated heterocycles. The number of fused-ring (bicyclic) bond motifs is 1. The third-order valence-electron chi connectivity index (χ3n) is 5.98. The topological polar surface area (TPSA) is 20.3 Å². The maximum absolute atomic E-state index is 11.8. The second-order valence-corrected chi connectivity index (χ2v) is 7.27. The molecule has 2 saturated carbocycles. The number of nitrogens with zero attached hydrogens (tertiary/aromatic N) is 1. The third kappa shape index (κ3) is 2.89. The Morgan fingerprint density at radius 2 is 1.68 bits per heavy atom. The van der Waals surface area contributed by atoms with Crippen LogP contribution in [0.15, 0.2) is 0 Å².